The van der Waals surface area contributed by atoms with Gasteiger partial charge >= 0.3 is 0 Å². The summed E-state index contributed by atoms with van der Waals surface area (Å²) in [7, 11) is 3.25. The van der Waals surface area contributed by atoms with Gasteiger partial charge in [0.25, 0.3) is 0 Å². The molecule has 0 aliphatic heterocycles. The highest BCUT2D eigenvalue weighted by Crippen LogP contribution is 2.32. The molecule has 0 unspecified atom stereocenters. The van der Waals surface area contributed by atoms with E-state index in [0.29, 0.717) is 5.75 Å². The lowest BCUT2D eigenvalue weighted by Crippen LogP contribution is -2.10. The van der Waals surface area contributed by atoms with Crippen molar-refractivity contribution in [2.75, 3.05) is 14.2 Å². The number of rotatable bonds is 5. The minimum atomic E-state index is 0.0809. The Hall–Kier alpha value is -2.75. The first kappa shape index (κ1) is 16.1. The third-order valence-corrected chi connectivity index (χ3v) is 4.42. The molecule has 0 fully saturated rings. The minimum Gasteiger partial charge on any atom is -0.497 e. The van der Waals surface area contributed by atoms with E-state index in [4.69, 9.17) is 9.47 Å². The first-order chi connectivity index (χ1) is 11.5. The summed E-state index contributed by atoms with van der Waals surface area (Å²) in [5.41, 5.74) is 3.96. The molecule has 4 heteroatoms. The number of methoxy groups -OCH3 is 2. The number of fused-ring (bicyclic) bond motifs is 1. The fraction of sp³-hybridized carbons (Fsp3) is 0.250. The standard InChI is InChI=1S/C20H21NO3/c1-13-5-6-15(9-14(13)2)19(22)12-21-8-7-17-18(21)10-16(23-3)11-20(17)24-4/h5-11H,12H2,1-4H3. The lowest BCUT2D eigenvalue weighted by Gasteiger charge is -2.10. The lowest BCUT2D eigenvalue weighted by molar-refractivity contribution is 0.0973. The van der Waals surface area contributed by atoms with Crippen molar-refractivity contribution in [2.45, 2.75) is 20.4 Å². The molecule has 0 bridgehead atoms. The van der Waals surface area contributed by atoms with Gasteiger partial charge in [-0.2, -0.15) is 0 Å². The third kappa shape index (κ3) is 2.87. The quantitative estimate of drug-likeness (QED) is 0.662. The van der Waals surface area contributed by atoms with Gasteiger partial charge in [0.1, 0.15) is 11.5 Å². The first-order valence-electron chi connectivity index (χ1n) is 7.85. The Bertz CT molecular complexity index is 909. The topological polar surface area (TPSA) is 40.5 Å². The highest BCUT2D eigenvalue weighted by molar-refractivity contribution is 5.97. The van der Waals surface area contributed by atoms with Gasteiger partial charge in [0.05, 0.1) is 26.3 Å². The van der Waals surface area contributed by atoms with Gasteiger partial charge in [-0.25, -0.2) is 0 Å². The van der Waals surface area contributed by atoms with Gasteiger partial charge in [0.15, 0.2) is 5.78 Å². The molecule has 4 nitrogen and oxygen atoms in total. The summed E-state index contributed by atoms with van der Waals surface area (Å²) >= 11 is 0. The van der Waals surface area contributed by atoms with Crippen molar-refractivity contribution in [2.24, 2.45) is 0 Å². The maximum atomic E-state index is 12.6. The van der Waals surface area contributed by atoms with Crippen LogP contribution in [0.2, 0.25) is 0 Å². The van der Waals surface area contributed by atoms with Crippen LogP contribution in [-0.4, -0.2) is 24.6 Å². The van der Waals surface area contributed by atoms with Crippen LogP contribution in [-0.2, 0) is 6.54 Å². The van der Waals surface area contributed by atoms with E-state index in [0.717, 1.165) is 27.8 Å². The Morgan fingerprint density at radius 3 is 2.46 bits per heavy atom. The number of aromatic nitrogens is 1. The molecule has 0 radical (unpaired) electrons. The number of aryl methyl sites for hydroxylation is 2. The number of carbonyl (C=O) groups excluding carboxylic acids is 1. The van der Waals surface area contributed by atoms with Crippen molar-refractivity contribution in [1.82, 2.24) is 4.57 Å². The molecule has 1 heterocycles. The number of benzene rings is 2. The van der Waals surface area contributed by atoms with Crippen molar-refractivity contribution < 1.29 is 14.3 Å². The maximum Gasteiger partial charge on any atom is 0.182 e. The summed E-state index contributed by atoms with van der Waals surface area (Å²) in [6.07, 6.45) is 1.91. The van der Waals surface area contributed by atoms with E-state index in [1.165, 1.54) is 5.56 Å². The van der Waals surface area contributed by atoms with Gasteiger partial charge in [-0.3, -0.25) is 4.79 Å². The Kier molecular flexibility index (Phi) is 4.30. The van der Waals surface area contributed by atoms with E-state index in [2.05, 4.69) is 0 Å². The Morgan fingerprint density at radius 2 is 1.79 bits per heavy atom. The smallest absolute Gasteiger partial charge is 0.182 e. The normalized spacial score (nSPS) is 10.8. The molecule has 0 aliphatic carbocycles. The summed E-state index contributed by atoms with van der Waals surface area (Å²) in [5, 5.41) is 0.964. The predicted octanol–water partition coefficient (Wildman–Crippen LogP) is 4.16. The second-order valence-corrected chi connectivity index (χ2v) is 5.93. The maximum absolute atomic E-state index is 12.6. The van der Waals surface area contributed by atoms with E-state index < -0.39 is 0 Å². The van der Waals surface area contributed by atoms with Crippen molar-refractivity contribution >= 4 is 16.7 Å². The molecule has 0 N–H and O–H groups in total. The molecule has 24 heavy (non-hydrogen) atoms. The average molecular weight is 323 g/mol. The Labute approximate surface area is 141 Å². The summed E-state index contributed by atoms with van der Waals surface area (Å²) < 4.78 is 12.7. The van der Waals surface area contributed by atoms with Crippen LogP contribution >= 0.6 is 0 Å². The number of ether oxygens (including phenoxy) is 2. The zero-order valence-electron chi connectivity index (χ0n) is 14.4. The van der Waals surface area contributed by atoms with Gasteiger partial charge in [-0.15, -0.1) is 0 Å². The van der Waals surface area contributed by atoms with Crippen molar-refractivity contribution in [1.29, 1.82) is 0 Å². The van der Waals surface area contributed by atoms with Crippen LogP contribution in [0.3, 0.4) is 0 Å². The van der Waals surface area contributed by atoms with Crippen molar-refractivity contribution in [3.8, 4) is 11.5 Å². The minimum absolute atomic E-state index is 0.0809. The van der Waals surface area contributed by atoms with Crippen LogP contribution in [0.4, 0.5) is 0 Å². The number of hydrogen-bond donors (Lipinski definition) is 0. The van der Waals surface area contributed by atoms with E-state index in [1.54, 1.807) is 14.2 Å². The second-order valence-electron chi connectivity index (χ2n) is 5.93. The Morgan fingerprint density at radius 1 is 1.00 bits per heavy atom. The highest BCUT2D eigenvalue weighted by atomic mass is 16.5. The predicted molar refractivity (Wildman–Crippen MR) is 95.3 cm³/mol. The van der Waals surface area contributed by atoms with Crippen LogP contribution < -0.4 is 9.47 Å². The molecular formula is C20H21NO3. The number of nitrogens with zero attached hydrogens (tertiary/aromatic N) is 1. The highest BCUT2D eigenvalue weighted by Gasteiger charge is 2.13. The zero-order valence-corrected chi connectivity index (χ0v) is 14.4. The van der Waals surface area contributed by atoms with Crippen molar-refractivity contribution in [3.63, 3.8) is 0 Å². The molecule has 0 aliphatic rings. The molecule has 1 aromatic heterocycles. The van der Waals surface area contributed by atoms with Crippen LogP contribution in [0, 0.1) is 13.8 Å². The van der Waals surface area contributed by atoms with E-state index >= 15 is 0 Å². The van der Waals surface area contributed by atoms with Crippen LogP contribution in [0.1, 0.15) is 21.5 Å². The van der Waals surface area contributed by atoms with Crippen LogP contribution in [0.5, 0.6) is 11.5 Å². The monoisotopic (exact) mass is 323 g/mol. The molecule has 2 aromatic carbocycles. The fourth-order valence-corrected chi connectivity index (χ4v) is 2.82. The number of carbonyl (C=O) groups is 1. The molecule has 0 saturated heterocycles. The molecule has 0 spiro atoms. The third-order valence-electron chi connectivity index (χ3n) is 4.42. The molecule has 124 valence electrons. The van der Waals surface area contributed by atoms with Crippen LogP contribution in [0.25, 0.3) is 10.9 Å². The van der Waals surface area contributed by atoms with Gasteiger partial charge in [-0.05, 0) is 37.1 Å². The second kappa shape index (κ2) is 6.40. The number of ketones is 1. The lowest BCUT2D eigenvalue weighted by atomic mass is 10.0. The van der Waals surface area contributed by atoms with Gasteiger partial charge in [0.2, 0.25) is 0 Å². The summed E-state index contributed by atoms with van der Waals surface area (Å²) in [4.78, 5) is 12.6. The van der Waals surface area contributed by atoms with E-state index in [1.807, 2.05) is 61.0 Å². The zero-order chi connectivity index (χ0) is 17.3. The molecule has 0 amide bonds. The molecular weight excluding hydrogens is 302 g/mol. The fourth-order valence-electron chi connectivity index (χ4n) is 2.82. The molecule has 0 saturated carbocycles. The van der Waals surface area contributed by atoms with Crippen molar-refractivity contribution in [3.05, 3.63) is 59.3 Å². The van der Waals surface area contributed by atoms with Gasteiger partial charge < -0.3 is 14.0 Å². The summed E-state index contributed by atoms with van der Waals surface area (Å²) in [6.45, 7) is 4.34. The average Bonchev–Trinajstić information content (AvgIpc) is 2.99. The van der Waals surface area contributed by atoms with Gasteiger partial charge in [0, 0.05) is 29.3 Å². The molecule has 3 aromatic rings. The SMILES string of the molecule is COc1cc(OC)c2ccn(CC(=O)c3ccc(C)c(C)c3)c2c1. The molecule has 0 atom stereocenters. The number of hydrogen-bond acceptors (Lipinski definition) is 3. The summed E-state index contributed by atoms with van der Waals surface area (Å²) in [5.74, 6) is 1.53. The van der Waals surface area contributed by atoms with Gasteiger partial charge in [-0.1, -0.05) is 12.1 Å². The number of Topliss-reactive ketones (excluding diaryl/α,β-unsaturated/α-hetero) is 1. The Balaban J connectivity index is 1.97. The van der Waals surface area contributed by atoms with Crippen LogP contribution in [0.15, 0.2) is 42.6 Å². The molecule has 3 rings (SSSR count). The van der Waals surface area contributed by atoms with E-state index in [-0.39, 0.29) is 12.3 Å². The first-order valence-corrected chi connectivity index (χ1v) is 7.85. The summed E-state index contributed by atoms with van der Waals surface area (Å²) in [6, 6.07) is 11.6. The largest absolute Gasteiger partial charge is 0.497 e. The van der Waals surface area contributed by atoms with E-state index in [9.17, 15) is 4.79 Å².